The molecule has 16 heavy (non-hydrogen) atoms. The van der Waals surface area contributed by atoms with Gasteiger partial charge in [-0.2, -0.15) is 0 Å². The van der Waals surface area contributed by atoms with Crippen molar-refractivity contribution in [1.29, 1.82) is 0 Å². The third kappa shape index (κ3) is 3.65. The lowest BCUT2D eigenvalue weighted by Gasteiger charge is -2.19. The molecule has 0 saturated heterocycles. The molecule has 3 nitrogen and oxygen atoms in total. The predicted octanol–water partition coefficient (Wildman–Crippen LogP) is 3.12. The van der Waals surface area contributed by atoms with Crippen molar-refractivity contribution in [1.82, 2.24) is 0 Å². The van der Waals surface area contributed by atoms with Crippen molar-refractivity contribution in [3.63, 3.8) is 0 Å². The lowest BCUT2D eigenvalue weighted by Crippen LogP contribution is -2.18. The lowest BCUT2D eigenvalue weighted by molar-refractivity contribution is 0.415. The van der Waals surface area contributed by atoms with E-state index in [-0.39, 0.29) is 0 Å². The molecule has 1 aromatic carbocycles. The summed E-state index contributed by atoms with van der Waals surface area (Å²) in [5.74, 6) is 1.50. The molecule has 1 atom stereocenters. The maximum absolute atomic E-state index is 5.91. The largest absolute Gasteiger partial charge is 0.497 e. The first-order valence-electron chi connectivity index (χ1n) is 5.73. The number of nitrogen functional groups attached to an aromatic ring is 1. The molecule has 3 heteroatoms. The van der Waals surface area contributed by atoms with Crippen molar-refractivity contribution in [3.05, 3.63) is 18.2 Å². The smallest absolute Gasteiger partial charge is 0.121 e. The number of nitrogens with two attached hydrogens (primary N) is 1. The van der Waals surface area contributed by atoms with Crippen molar-refractivity contribution in [3.8, 4) is 5.75 Å². The second-order valence-electron chi connectivity index (χ2n) is 4.63. The average molecular weight is 222 g/mol. The van der Waals surface area contributed by atoms with E-state index < -0.39 is 0 Å². The standard InChI is InChI=1S/C13H22N2O/c1-9(2)7-10(3)15-13-8-11(16-4)5-6-12(13)14/h5-6,8-10,15H,7,14H2,1-4H3. The minimum Gasteiger partial charge on any atom is -0.497 e. The van der Waals surface area contributed by atoms with Crippen LogP contribution in [0.4, 0.5) is 11.4 Å². The molecular weight excluding hydrogens is 200 g/mol. The Morgan fingerprint density at radius 1 is 1.31 bits per heavy atom. The van der Waals surface area contributed by atoms with E-state index in [0.29, 0.717) is 12.0 Å². The zero-order valence-electron chi connectivity index (χ0n) is 10.6. The summed E-state index contributed by atoms with van der Waals surface area (Å²) in [6.45, 7) is 6.60. The highest BCUT2D eigenvalue weighted by molar-refractivity contribution is 5.68. The van der Waals surface area contributed by atoms with Crippen LogP contribution < -0.4 is 15.8 Å². The third-order valence-corrected chi connectivity index (χ3v) is 2.49. The second kappa shape index (κ2) is 5.64. The first kappa shape index (κ1) is 12.7. The summed E-state index contributed by atoms with van der Waals surface area (Å²) in [7, 11) is 1.66. The number of ether oxygens (including phenoxy) is 1. The van der Waals surface area contributed by atoms with Crippen LogP contribution in [0.25, 0.3) is 0 Å². The highest BCUT2D eigenvalue weighted by atomic mass is 16.5. The Bertz CT molecular complexity index is 337. The molecule has 0 spiro atoms. The van der Waals surface area contributed by atoms with Gasteiger partial charge >= 0.3 is 0 Å². The maximum Gasteiger partial charge on any atom is 0.121 e. The minimum absolute atomic E-state index is 0.411. The fourth-order valence-corrected chi connectivity index (χ4v) is 1.82. The van der Waals surface area contributed by atoms with E-state index in [1.165, 1.54) is 0 Å². The first-order chi connectivity index (χ1) is 7.52. The zero-order chi connectivity index (χ0) is 12.1. The summed E-state index contributed by atoms with van der Waals surface area (Å²) in [5.41, 5.74) is 7.62. The topological polar surface area (TPSA) is 47.3 Å². The van der Waals surface area contributed by atoms with Crippen LogP contribution in [0.1, 0.15) is 27.2 Å². The number of benzene rings is 1. The van der Waals surface area contributed by atoms with E-state index in [1.54, 1.807) is 7.11 Å². The molecule has 0 fully saturated rings. The molecular formula is C13H22N2O. The lowest BCUT2D eigenvalue weighted by atomic mass is 10.0. The Balaban J connectivity index is 2.71. The van der Waals surface area contributed by atoms with E-state index in [4.69, 9.17) is 10.5 Å². The fraction of sp³-hybridized carbons (Fsp3) is 0.538. The molecule has 3 N–H and O–H groups in total. The molecule has 1 aromatic rings. The molecule has 0 amide bonds. The van der Waals surface area contributed by atoms with Crippen molar-refractivity contribution in [2.24, 2.45) is 5.92 Å². The van der Waals surface area contributed by atoms with Crippen LogP contribution in [0.15, 0.2) is 18.2 Å². The maximum atomic E-state index is 5.91. The van der Waals surface area contributed by atoms with Crippen LogP contribution in [-0.2, 0) is 0 Å². The number of hydrogen-bond donors (Lipinski definition) is 2. The molecule has 90 valence electrons. The van der Waals surface area contributed by atoms with Gasteiger partial charge in [-0.15, -0.1) is 0 Å². The van der Waals surface area contributed by atoms with Crippen LogP contribution in [0.3, 0.4) is 0 Å². The summed E-state index contributed by atoms with van der Waals surface area (Å²) in [6.07, 6.45) is 1.12. The molecule has 0 aromatic heterocycles. The summed E-state index contributed by atoms with van der Waals surface area (Å²) < 4.78 is 5.18. The van der Waals surface area contributed by atoms with Gasteiger partial charge in [0.2, 0.25) is 0 Å². The molecule has 0 aliphatic rings. The Morgan fingerprint density at radius 2 is 2.00 bits per heavy atom. The number of hydrogen-bond acceptors (Lipinski definition) is 3. The highest BCUT2D eigenvalue weighted by Gasteiger charge is 2.07. The summed E-state index contributed by atoms with van der Waals surface area (Å²) >= 11 is 0. The number of anilines is 2. The van der Waals surface area contributed by atoms with Crippen molar-refractivity contribution >= 4 is 11.4 Å². The first-order valence-corrected chi connectivity index (χ1v) is 5.73. The van der Waals surface area contributed by atoms with Crippen LogP contribution in [0.2, 0.25) is 0 Å². The van der Waals surface area contributed by atoms with Gasteiger partial charge < -0.3 is 15.8 Å². The molecule has 1 rings (SSSR count). The van der Waals surface area contributed by atoms with E-state index in [2.05, 4.69) is 26.1 Å². The normalized spacial score (nSPS) is 12.6. The molecule has 0 radical (unpaired) electrons. The average Bonchev–Trinajstić information content (AvgIpc) is 2.20. The van der Waals surface area contributed by atoms with Gasteiger partial charge in [-0.25, -0.2) is 0 Å². The Kier molecular flexibility index (Phi) is 4.47. The minimum atomic E-state index is 0.411. The number of nitrogens with one attached hydrogen (secondary N) is 1. The van der Waals surface area contributed by atoms with Gasteiger partial charge in [0.1, 0.15) is 5.75 Å². The summed E-state index contributed by atoms with van der Waals surface area (Å²) in [6, 6.07) is 6.08. The van der Waals surface area contributed by atoms with Crippen LogP contribution >= 0.6 is 0 Å². The number of methoxy groups -OCH3 is 1. The van der Waals surface area contributed by atoms with Crippen molar-refractivity contribution in [2.45, 2.75) is 33.2 Å². The van der Waals surface area contributed by atoms with E-state index in [0.717, 1.165) is 23.5 Å². The molecule has 1 unspecified atom stereocenters. The molecule has 0 heterocycles. The molecule has 0 bridgehead atoms. The summed E-state index contributed by atoms with van der Waals surface area (Å²) in [5, 5.41) is 3.41. The van der Waals surface area contributed by atoms with E-state index in [9.17, 15) is 0 Å². The van der Waals surface area contributed by atoms with E-state index in [1.807, 2.05) is 18.2 Å². The van der Waals surface area contributed by atoms with Gasteiger partial charge in [0, 0.05) is 12.1 Å². The van der Waals surface area contributed by atoms with Gasteiger partial charge in [-0.3, -0.25) is 0 Å². The van der Waals surface area contributed by atoms with Crippen LogP contribution in [0.5, 0.6) is 5.75 Å². The fourth-order valence-electron chi connectivity index (χ4n) is 1.82. The van der Waals surface area contributed by atoms with Gasteiger partial charge in [0.15, 0.2) is 0 Å². The van der Waals surface area contributed by atoms with Crippen LogP contribution in [-0.4, -0.2) is 13.2 Å². The summed E-state index contributed by atoms with van der Waals surface area (Å²) in [4.78, 5) is 0. The SMILES string of the molecule is COc1ccc(N)c(NC(C)CC(C)C)c1. The molecule has 0 aliphatic heterocycles. The van der Waals surface area contributed by atoms with Gasteiger partial charge in [0.05, 0.1) is 18.5 Å². The monoisotopic (exact) mass is 222 g/mol. The van der Waals surface area contributed by atoms with Crippen LogP contribution in [0, 0.1) is 5.92 Å². The Morgan fingerprint density at radius 3 is 2.56 bits per heavy atom. The third-order valence-electron chi connectivity index (χ3n) is 2.49. The zero-order valence-corrected chi connectivity index (χ0v) is 10.6. The van der Waals surface area contributed by atoms with E-state index >= 15 is 0 Å². The molecule has 0 aliphatic carbocycles. The van der Waals surface area contributed by atoms with Gasteiger partial charge in [0.25, 0.3) is 0 Å². The number of rotatable bonds is 5. The Hall–Kier alpha value is -1.38. The van der Waals surface area contributed by atoms with Crippen molar-refractivity contribution < 1.29 is 4.74 Å². The molecule has 0 saturated carbocycles. The quantitative estimate of drug-likeness (QED) is 0.752. The highest BCUT2D eigenvalue weighted by Crippen LogP contribution is 2.25. The van der Waals surface area contributed by atoms with Gasteiger partial charge in [-0.1, -0.05) is 13.8 Å². The van der Waals surface area contributed by atoms with Gasteiger partial charge in [-0.05, 0) is 31.4 Å². The second-order valence-corrected chi connectivity index (χ2v) is 4.63. The predicted molar refractivity (Wildman–Crippen MR) is 69.9 cm³/mol. The Labute approximate surface area is 98.0 Å². The van der Waals surface area contributed by atoms with Crippen molar-refractivity contribution in [2.75, 3.05) is 18.2 Å².